The van der Waals surface area contributed by atoms with Gasteiger partial charge in [0.1, 0.15) is 5.01 Å². The van der Waals surface area contributed by atoms with Gasteiger partial charge in [0.15, 0.2) is 0 Å². The Labute approximate surface area is 114 Å². The van der Waals surface area contributed by atoms with E-state index in [4.69, 9.17) is 0 Å². The SMILES string of the molecule is CCC(SCC(=O)OC)C(=O)Nc1nnc(C)s1. The van der Waals surface area contributed by atoms with Crippen molar-refractivity contribution in [2.24, 2.45) is 0 Å². The molecular formula is C10H15N3O3S2. The smallest absolute Gasteiger partial charge is 0.315 e. The Kier molecular flexibility index (Phi) is 6.06. The van der Waals surface area contributed by atoms with Gasteiger partial charge in [0.05, 0.1) is 18.1 Å². The van der Waals surface area contributed by atoms with Crippen molar-refractivity contribution in [1.82, 2.24) is 10.2 Å². The number of aryl methyl sites for hydroxylation is 1. The van der Waals surface area contributed by atoms with E-state index in [1.54, 1.807) is 0 Å². The summed E-state index contributed by atoms with van der Waals surface area (Å²) in [4.78, 5) is 22.9. The molecule has 0 aliphatic heterocycles. The van der Waals surface area contributed by atoms with Crippen LogP contribution in [0.4, 0.5) is 5.13 Å². The number of hydrogen-bond donors (Lipinski definition) is 1. The average molecular weight is 289 g/mol. The maximum Gasteiger partial charge on any atom is 0.315 e. The summed E-state index contributed by atoms with van der Waals surface area (Å²) in [6.07, 6.45) is 0.630. The number of esters is 1. The lowest BCUT2D eigenvalue weighted by molar-refractivity contribution is -0.137. The summed E-state index contributed by atoms with van der Waals surface area (Å²) < 4.78 is 4.53. The first-order chi connectivity index (χ1) is 8.56. The van der Waals surface area contributed by atoms with E-state index in [0.717, 1.165) is 5.01 Å². The van der Waals surface area contributed by atoms with Crippen LogP contribution in [0.3, 0.4) is 0 Å². The summed E-state index contributed by atoms with van der Waals surface area (Å²) in [5, 5.41) is 11.3. The van der Waals surface area contributed by atoms with E-state index in [9.17, 15) is 9.59 Å². The lowest BCUT2D eigenvalue weighted by Crippen LogP contribution is -2.25. The van der Waals surface area contributed by atoms with Gasteiger partial charge >= 0.3 is 5.97 Å². The molecule has 1 N–H and O–H groups in total. The highest BCUT2D eigenvalue weighted by atomic mass is 32.2. The van der Waals surface area contributed by atoms with Crippen LogP contribution < -0.4 is 5.32 Å². The number of methoxy groups -OCH3 is 1. The molecule has 0 spiro atoms. The molecule has 1 aromatic heterocycles. The molecule has 1 rings (SSSR count). The van der Waals surface area contributed by atoms with Gasteiger partial charge in [-0.25, -0.2) is 0 Å². The Hall–Kier alpha value is -1.15. The fraction of sp³-hybridized carbons (Fsp3) is 0.600. The molecule has 0 aliphatic carbocycles. The molecule has 0 fully saturated rings. The Morgan fingerprint density at radius 1 is 1.50 bits per heavy atom. The number of hydrogen-bond acceptors (Lipinski definition) is 7. The molecule has 0 saturated carbocycles. The average Bonchev–Trinajstić information content (AvgIpc) is 2.75. The molecule has 100 valence electrons. The van der Waals surface area contributed by atoms with Crippen LogP contribution in [-0.4, -0.2) is 40.2 Å². The highest BCUT2D eigenvalue weighted by molar-refractivity contribution is 8.01. The van der Waals surface area contributed by atoms with Crippen molar-refractivity contribution in [3.63, 3.8) is 0 Å². The van der Waals surface area contributed by atoms with Crippen LogP contribution in [0.15, 0.2) is 0 Å². The number of thioether (sulfide) groups is 1. The fourth-order valence-corrected chi connectivity index (χ4v) is 2.64. The van der Waals surface area contributed by atoms with E-state index in [1.165, 1.54) is 30.2 Å². The normalized spacial score (nSPS) is 11.9. The number of anilines is 1. The van der Waals surface area contributed by atoms with E-state index in [1.807, 2.05) is 13.8 Å². The highest BCUT2D eigenvalue weighted by Crippen LogP contribution is 2.19. The molecular weight excluding hydrogens is 274 g/mol. The maximum atomic E-state index is 11.9. The van der Waals surface area contributed by atoms with Gasteiger partial charge in [-0.1, -0.05) is 18.3 Å². The van der Waals surface area contributed by atoms with Crippen LogP contribution in [-0.2, 0) is 14.3 Å². The van der Waals surface area contributed by atoms with Gasteiger partial charge in [-0.2, -0.15) is 0 Å². The van der Waals surface area contributed by atoms with Crippen LogP contribution in [0.5, 0.6) is 0 Å². The lowest BCUT2D eigenvalue weighted by Gasteiger charge is -2.12. The quantitative estimate of drug-likeness (QED) is 0.799. The Bertz CT molecular complexity index is 422. The molecule has 1 aromatic rings. The van der Waals surface area contributed by atoms with Crippen LogP contribution in [0.2, 0.25) is 0 Å². The van der Waals surface area contributed by atoms with Gasteiger partial charge in [0, 0.05) is 0 Å². The number of ether oxygens (including phenoxy) is 1. The molecule has 0 aliphatic rings. The summed E-state index contributed by atoms with van der Waals surface area (Å²) in [7, 11) is 1.33. The van der Waals surface area contributed by atoms with Crippen LogP contribution in [0.1, 0.15) is 18.4 Å². The summed E-state index contributed by atoms with van der Waals surface area (Å²) in [5.74, 6) is -0.335. The standard InChI is InChI=1S/C10H15N3O3S2/c1-4-7(17-5-8(14)16-3)9(15)11-10-13-12-6(2)18-10/h7H,4-5H2,1-3H3,(H,11,13,15). The minimum Gasteiger partial charge on any atom is -0.468 e. The molecule has 1 heterocycles. The van der Waals surface area contributed by atoms with Crippen molar-refractivity contribution in [2.45, 2.75) is 25.5 Å². The Balaban J connectivity index is 2.49. The van der Waals surface area contributed by atoms with Gasteiger partial charge in [-0.3, -0.25) is 14.9 Å². The number of carbonyl (C=O) groups excluding carboxylic acids is 2. The molecule has 0 saturated heterocycles. The van der Waals surface area contributed by atoms with Crippen LogP contribution in [0.25, 0.3) is 0 Å². The van der Waals surface area contributed by atoms with E-state index >= 15 is 0 Å². The second-order valence-electron chi connectivity index (χ2n) is 3.40. The first kappa shape index (κ1) is 14.9. The number of amides is 1. The van der Waals surface area contributed by atoms with E-state index in [2.05, 4.69) is 20.3 Å². The van der Waals surface area contributed by atoms with E-state index in [-0.39, 0.29) is 22.9 Å². The first-order valence-corrected chi connectivity index (χ1v) is 7.22. The molecule has 8 heteroatoms. The van der Waals surface area contributed by atoms with Gasteiger partial charge in [0.25, 0.3) is 0 Å². The van der Waals surface area contributed by atoms with E-state index < -0.39 is 0 Å². The zero-order valence-electron chi connectivity index (χ0n) is 10.4. The largest absolute Gasteiger partial charge is 0.468 e. The number of rotatable bonds is 6. The van der Waals surface area contributed by atoms with Gasteiger partial charge in [0.2, 0.25) is 11.0 Å². The molecule has 6 nitrogen and oxygen atoms in total. The van der Waals surface area contributed by atoms with Crippen molar-refractivity contribution >= 4 is 40.1 Å². The van der Waals surface area contributed by atoms with Crippen molar-refractivity contribution in [3.05, 3.63) is 5.01 Å². The molecule has 0 radical (unpaired) electrons. The minimum atomic E-state index is -0.335. The number of nitrogens with one attached hydrogen (secondary N) is 1. The van der Waals surface area contributed by atoms with Gasteiger partial charge < -0.3 is 4.74 Å². The second kappa shape index (κ2) is 7.32. The summed E-state index contributed by atoms with van der Waals surface area (Å²) in [5.41, 5.74) is 0. The Morgan fingerprint density at radius 3 is 2.72 bits per heavy atom. The fourth-order valence-electron chi connectivity index (χ4n) is 1.14. The Morgan fingerprint density at radius 2 is 2.22 bits per heavy atom. The number of carbonyl (C=O) groups is 2. The molecule has 1 unspecified atom stereocenters. The van der Waals surface area contributed by atoms with Gasteiger partial charge in [-0.05, 0) is 13.3 Å². The summed E-state index contributed by atoms with van der Waals surface area (Å²) in [6, 6.07) is 0. The monoisotopic (exact) mass is 289 g/mol. The first-order valence-electron chi connectivity index (χ1n) is 5.36. The molecule has 18 heavy (non-hydrogen) atoms. The van der Waals surface area contributed by atoms with Crippen molar-refractivity contribution in [1.29, 1.82) is 0 Å². The lowest BCUT2D eigenvalue weighted by atomic mass is 10.3. The zero-order valence-corrected chi connectivity index (χ0v) is 12.1. The molecule has 0 bridgehead atoms. The minimum absolute atomic E-state index is 0.164. The predicted molar refractivity (Wildman–Crippen MR) is 71.8 cm³/mol. The maximum absolute atomic E-state index is 11.9. The molecule has 1 amide bonds. The van der Waals surface area contributed by atoms with Crippen LogP contribution in [0, 0.1) is 6.92 Å². The van der Waals surface area contributed by atoms with Crippen molar-refractivity contribution in [2.75, 3.05) is 18.2 Å². The predicted octanol–water partition coefficient (Wildman–Crippen LogP) is 1.47. The third kappa shape index (κ3) is 4.61. The number of aromatic nitrogens is 2. The molecule has 1 atom stereocenters. The third-order valence-electron chi connectivity index (χ3n) is 2.05. The third-order valence-corrected chi connectivity index (χ3v) is 4.16. The highest BCUT2D eigenvalue weighted by Gasteiger charge is 2.19. The zero-order chi connectivity index (χ0) is 13.5. The van der Waals surface area contributed by atoms with Gasteiger partial charge in [-0.15, -0.1) is 22.0 Å². The van der Waals surface area contributed by atoms with Crippen molar-refractivity contribution < 1.29 is 14.3 Å². The summed E-state index contributed by atoms with van der Waals surface area (Å²) in [6.45, 7) is 3.70. The number of nitrogens with zero attached hydrogens (tertiary/aromatic N) is 2. The van der Waals surface area contributed by atoms with Crippen molar-refractivity contribution in [3.8, 4) is 0 Å². The van der Waals surface area contributed by atoms with E-state index in [0.29, 0.717) is 11.6 Å². The molecule has 0 aromatic carbocycles. The topological polar surface area (TPSA) is 81.2 Å². The summed E-state index contributed by atoms with van der Waals surface area (Å²) >= 11 is 2.58. The second-order valence-corrected chi connectivity index (χ2v) is 5.77. The van der Waals surface area contributed by atoms with Crippen LogP contribution >= 0.6 is 23.1 Å².